The van der Waals surface area contributed by atoms with Gasteiger partial charge in [0.05, 0.1) is 0 Å². The van der Waals surface area contributed by atoms with Crippen molar-refractivity contribution in [3.05, 3.63) is 53.6 Å². The minimum atomic E-state index is -0.541. The van der Waals surface area contributed by atoms with Crippen molar-refractivity contribution in [3.63, 3.8) is 0 Å². The van der Waals surface area contributed by atoms with Crippen molar-refractivity contribution >= 4 is 24.2 Å². The van der Waals surface area contributed by atoms with Gasteiger partial charge in [0.25, 0.3) is 5.91 Å². The third kappa shape index (κ3) is 3.42. The molecule has 3 N–H and O–H groups in total. The zero-order chi connectivity index (χ0) is 16.4. The van der Waals surface area contributed by atoms with Crippen LogP contribution in [0.15, 0.2) is 36.7 Å². The van der Waals surface area contributed by atoms with Gasteiger partial charge in [0.2, 0.25) is 5.91 Å². The second-order valence-electron chi connectivity index (χ2n) is 5.56. The molecule has 0 saturated carbocycles. The topological polar surface area (TPSA) is 93.2 Å². The quantitative estimate of drug-likeness (QED) is 0.854. The number of piperazine rings is 1. The van der Waals surface area contributed by atoms with Crippen LogP contribution in [0.4, 0.5) is 0 Å². The van der Waals surface area contributed by atoms with Crippen LogP contribution in [-0.2, 0) is 7.05 Å². The SMILES string of the molecule is Cl.Cn1ccnc1C1CNCCN1C(=O)c1cccc(C(N)=O)c1. The summed E-state index contributed by atoms with van der Waals surface area (Å²) in [6.07, 6.45) is 3.58. The summed E-state index contributed by atoms with van der Waals surface area (Å²) in [6, 6.07) is 6.38. The second-order valence-corrected chi connectivity index (χ2v) is 5.56. The van der Waals surface area contributed by atoms with Crippen molar-refractivity contribution in [2.24, 2.45) is 12.8 Å². The van der Waals surface area contributed by atoms with Gasteiger partial charge in [-0.05, 0) is 18.2 Å². The van der Waals surface area contributed by atoms with Crippen LogP contribution in [-0.4, -0.2) is 45.9 Å². The molecule has 0 radical (unpaired) electrons. The molecule has 1 unspecified atom stereocenters. The highest BCUT2D eigenvalue weighted by molar-refractivity contribution is 5.99. The highest BCUT2D eigenvalue weighted by atomic mass is 35.5. The molecule has 1 atom stereocenters. The van der Waals surface area contributed by atoms with E-state index in [-0.39, 0.29) is 24.4 Å². The molecule has 2 aromatic rings. The Hall–Kier alpha value is -2.38. The van der Waals surface area contributed by atoms with E-state index in [0.29, 0.717) is 24.2 Å². The lowest BCUT2D eigenvalue weighted by Crippen LogP contribution is -2.49. The van der Waals surface area contributed by atoms with Gasteiger partial charge in [-0.15, -0.1) is 12.4 Å². The molecule has 2 heterocycles. The lowest BCUT2D eigenvalue weighted by molar-refractivity contribution is 0.0621. The lowest BCUT2D eigenvalue weighted by atomic mass is 10.1. The molecule has 1 aromatic carbocycles. The Kier molecular flexibility index (Phi) is 5.58. The minimum Gasteiger partial charge on any atom is -0.366 e. The smallest absolute Gasteiger partial charge is 0.254 e. The molecule has 8 heteroatoms. The molecule has 0 aliphatic carbocycles. The van der Waals surface area contributed by atoms with E-state index < -0.39 is 5.91 Å². The fraction of sp³-hybridized carbons (Fsp3) is 0.312. The predicted octanol–water partition coefficient (Wildman–Crippen LogP) is 0.728. The van der Waals surface area contributed by atoms with Crippen molar-refractivity contribution < 1.29 is 9.59 Å². The first-order valence-corrected chi connectivity index (χ1v) is 7.46. The van der Waals surface area contributed by atoms with Crippen molar-refractivity contribution in [2.45, 2.75) is 6.04 Å². The summed E-state index contributed by atoms with van der Waals surface area (Å²) in [5.41, 5.74) is 6.09. The van der Waals surface area contributed by atoms with Gasteiger partial charge in [0.15, 0.2) is 0 Å². The average molecular weight is 350 g/mol. The molecular formula is C16H20ClN5O2. The molecule has 3 rings (SSSR count). The Morgan fingerprint density at radius 1 is 1.33 bits per heavy atom. The molecule has 24 heavy (non-hydrogen) atoms. The van der Waals surface area contributed by atoms with Crippen molar-refractivity contribution in [1.29, 1.82) is 0 Å². The third-order valence-corrected chi connectivity index (χ3v) is 4.05. The van der Waals surface area contributed by atoms with Gasteiger partial charge in [-0.1, -0.05) is 6.07 Å². The summed E-state index contributed by atoms with van der Waals surface area (Å²) < 4.78 is 1.91. The largest absolute Gasteiger partial charge is 0.366 e. The highest BCUT2D eigenvalue weighted by Crippen LogP contribution is 2.23. The Labute approximate surface area is 146 Å². The van der Waals surface area contributed by atoms with Crippen LogP contribution < -0.4 is 11.1 Å². The number of carbonyl (C=O) groups is 2. The number of aryl methyl sites for hydroxylation is 1. The van der Waals surface area contributed by atoms with E-state index in [1.165, 1.54) is 0 Å². The highest BCUT2D eigenvalue weighted by Gasteiger charge is 2.31. The Bertz CT molecular complexity index is 746. The molecule has 1 aromatic heterocycles. The Balaban J connectivity index is 0.00000208. The third-order valence-electron chi connectivity index (χ3n) is 4.05. The van der Waals surface area contributed by atoms with Crippen molar-refractivity contribution in [2.75, 3.05) is 19.6 Å². The van der Waals surface area contributed by atoms with Gasteiger partial charge in [-0.3, -0.25) is 9.59 Å². The number of nitrogens with one attached hydrogen (secondary N) is 1. The number of imidazole rings is 1. The monoisotopic (exact) mass is 349 g/mol. The molecule has 0 spiro atoms. The number of hydrogen-bond acceptors (Lipinski definition) is 4. The maximum Gasteiger partial charge on any atom is 0.254 e. The van der Waals surface area contributed by atoms with Crippen LogP contribution in [0.25, 0.3) is 0 Å². The fourth-order valence-corrected chi connectivity index (χ4v) is 2.85. The van der Waals surface area contributed by atoms with Gasteiger partial charge >= 0.3 is 0 Å². The van der Waals surface area contributed by atoms with Crippen molar-refractivity contribution in [3.8, 4) is 0 Å². The Morgan fingerprint density at radius 2 is 2.08 bits per heavy atom. The van der Waals surface area contributed by atoms with Crippen LogP contribution >= 0.6 is 12.4 Å². The standard InChI is InChI=1S/C16H19N5O2.ClH/c1-20-7-6-19-15(20)13-10-18-5-8-21(13)16(23)12-4-2-3-11(9-12)14(17)22;/h2-4,6-7,9,13,18H,5,8,10H2,1H3,(H2,17,22);1H. The number of primary amides is 1. The normalized spacial score (nSPS) is 17.2. The first-order chi connectivity index (χ1) is 11.1. The second kappa shape index (κ2) is 7.46. The van der Waals surface area contributed by atoms with Gasteiger partial charge in [-0.25, -0.2) is 4.98 Å². The van der Waals surface area contributed by atoms with E-state index >= 15 is 0 Å². The van der Waals surface area contributed by atoms with Crippen molar-refractivity contribution in [1.82, 2.24) is 19.8 Å². The number of rotatable bonds is 3. The number of halogens is 1. The minimum absolute atomic E-state index is 0. The molecule has 1 aliphatic heterocycles. The molecular weight excluding hydrogens is 330 g/mol. The molecule has 128 valence electrons. The van der Waals surface area contributed by atoms with E-state index in [1.807, 2.05) is 17.8 Å². The van der Waals surface area contributed by atoms with Crippen LogP contribution in [0, 0.1) is 0 Å². The summed E-state index contributed by atoms with van der Waals surface area (Å²) in [5.74, 6) is 0.166. The first-order valence-electron chi connectivity index (χ1n) is 7.46. The summed E-state index contributed by atoms with van der Waals surface area (Å²) in [4.78, 5) is 30.4. The maximum atomic E-state index is 12.9. The number of benzene rings is 1. The maximum absolute atomic E-state index is 12.9. The van der Waals surface area contributed by atoms with E-state index in [9.17, 15) is 9.59 Å². The number of amides is 2. The molecule has 1 fully saturated rings. The molecule has 7 nitrogen and oxygen atoms in total. The lowest BCUT2D eigenvalue weighted by Gasteiger charge is -2.35. The van der Waals surface area contributed by atoms with Crippen LogP contribution in [0.3, 0.4) is 0 Å². The number of hydrogen-bond donors (Lipinski definition) is 2. The molecule has 0 bridgehead atoms. The number of nitrogens with zero attached hydrogens (tertiary/aromatic N) is 3. The summed E-state index contributed by atoms with van der Waals surface area (Å²) in [7, 11) is 1.91. The predicted molar refractivity (Wildman–Crippen MR) is 92.1 cm³/mol. The zero-order valence-corrected chi connectivity index (χ0v) is 14.1. The van der Waals surface area contributed by atoms with Gasteiger partial charge in [-0.2, -0.15) is 0 Å². The summed E-state index contributed by atoms with van der Waals surface area (Å²) in [5, 5.41) is 3.29. The number of carbonyl (C=O) groups excluding carboxylic acids is 2. The van der Waals surface area contributed by atoms with Crippen LogP contribution in [0.5, 0.6) is 0 Å². The van der Waals surface area contributed by atoms with E-state index in [1.54, 1.807) is 35.4 Å². The number of nitrogens with two attached hydrogens (primary N) is 1. The van der Waals surface area contributed by atoms with Crippen LogP contribution in [0.2, 0.25) is 0 Å². The van der Waals surface area contributed by atoms with E-state index in [2.05, 4.69) is 10.3 Å². The first kappa shape index (κ1) is 18.0. The number of aromatic nitrogens is 2. The summed E-state index contributed by atoms with van der Waals surface area (Å²) in [6.45, 7) is 1.95. The van der Waals surface area contributed by atoms with Gasteiger partial charge in [0.1, 0.15) is 11.9 Å². The van der Waals surface area contributed by atoms with Crippen LogP contribution in [0.1, 0.15) is 32.6 Å². The zero-order valence-electron chi connectivity index (χ0n) is 13.3. The van der Waals surface area contributed by atoms with E-state index in [0.717, 1.165) is 12.4 Å². The Morgan fingerprint density at radius 3 is 2.75 bits per heavy atom. The van der Waals surface area contributed by atoms with Gasteiger partial charge < -0.3 is 20.5 Å². The average Bonchev–Trinajstić information content (AvgIpc) is 3.00. The molecule has 1 saturated heterocycles. The molecule has 1 aliphatic rings. The summed E-state index contributed by atoms with van der Waals surface area (Å²) >= 11 is 0. The van der Waals surface area contributed by atoms with E-state index in [4.69, 9.17) is 5.73 Å². The van der Waals surface area contributed by atoms with Gasteiger partial charge in [0, 0.05) is 50.2 Å². The molecule has 2 amide bonds. The fourth-order valence-electron chi connectivity index (χ4n) is 2.85.